The highest BCUT2D eigenvalue weighted by Gasteiger charge is 2.06. The Bertz CT molecular complexity index is 339. The number of aldehydes is 1. The number of hydrogen-bond donors (Lipinski definition) is 0. The third-order valence-corrected chi connectivity index (χ3v) is 1.89. The van der Waals surface area contributed by atoms with Crippen molar-refractivity contribution < 1.29 is 14.3 Å². The lowest BCUT2D eigenvalue weighted by molar-refractivity contribution is 0.111. The number of rotatable bonds is 7. The summed E-state index contributed by atoms with van der Waals surface area (Å²) < 4.78 is 10.7. The van der Waals surface area contributed by atoms with Gasteiger partial charge in [-0.15, -0.1) is 0 Å². The molecule has 0 radical (unpaired) electrons. The molecule has 4 nitrogen and oxygen atoms in total. The van der Waals surface area contributed by atoms with E-state index < -0.39 is 0 Å². The summed E-state index contributed by atoms with van der Waals surface area (Å²) in [4.78, 5) is 14.9. The van der Waals surface area contributed by atoms with Crippen LogP contribution in [0, 0.1) is 0 Å². The number of pyridine rings is 1. The standard InChI is InChI=1S/C12H17NO3/c1-3-7-15-11-6-5-10(9-14)12(13-11)16-8-4-2/h5-6,9H,3-4,7-8H2,1-2H3. The molecule has 0 amide bonds. The van der Waals surface area contributed by atoms with Gasteiger partial charge in [0.2, 0.25) is 11.8 Å². The summed E-state index contributed by atoms with van der Waals surface area (Å²) in [6.45, 7) is 5.18. The van der Waals surface area contributed by atoms with Gasteiger partial charge in [-0.25, -0.2) is 0 Å². The molecule has 1 rings (SSSR count). The van der Waals surface area contributed by atoms with Gasteiger partial charge in [0.05, 0.1) is 18.8 Å². The average molecular weight is 223 g/mol. The van der Waals surface area contributed by atoms with Crippen LogP contribution < -0.4 is 9.47 Å². The maximum atomic E-state index is 10.8. The molecule has 0 atom stereocenters. The SMILES string of the molecule is CCCOc1ccc(C=O)c(OCCC)n1. The van der Waals surface area contributed by atoms with Gasteiger partial charge in [-0.2, -0.15) is 4.98 Å². The van der Waals surface area contributed by atoms with E-state index in [9.17, 15) is 4.79 Å². The van der Waals surface area contributed by atoms with Crippen LogP contribution in [-0.4, -0.2) is 24.5 Å². The first-order chi connectivity index (χ1) is 7.81. The molecule has 0 fully saturated rings. The summed E-state index contributed by atoms with van der Waals surface area (Å²) >= 11 is 0. The van der Waals surface area contributed by atoms with E-state index in [1.807, 2.05) is 13.8 Å². The van der Waals surface area contributed by atoms with Crippen LogP contribution in [0.1, 0.15) is 37.0 Å². The van der Waals surface area contributed by atoms with E-state index in [1.54, 1.807) is 12.1 Å². The fraction of sp³-hybridized carbons (Fsp3) is 0.500. The Morgan fingerprint density at radius 2 is 1.88 bits per heavy atom. The van der Waals surface area contributed by atoms with Crippen LogP contribution in [0.5, 0.6) is 11.8 Å². The summed E-state index contributed by atoms with van der Waals surface area (Å²) in [6, 6.07) is 3.34. The van der Waals surface area contributed by atoms with E-state index in [0.717, 1.165) is 19.1 Å². The minimum Gasteiger partial charge on any atom is -0.478 e. The van der Waals surface area contributed by atoms with E-state index in [-0.39, 0.29) is 0 Å². The molecule has 0 aliphatic rings. The maximum Gasteiger partial charge on any atom is 0.227 e. The van der Waals surface area contributed by atoms with Crippen LogP contribution in [-0.2, 0) is 0 Å². The van der Waals surface area contributed by atoms with Gasteiger partial charge < -0.3 is 9.47 Å². The van der Waals surface area contributed by atoms with Crippen molar-refractivity contribution in [2.45, 2.75) is 26.7 Å². The Morgan fingerprint density at radius 1 is 1.19 bits per heavy atom. The molecular weight excluding hydrogens is 206 g/mol. The first kappa shape index (κ1) is 12.5. The second-order valence-corrected chi connectivity index (χ2v) is 3.36. The van der Waals surface area contributed by atoms with Crippen LogP contribution in [0.4, 0.5) is 0 Å². The van der Waals surface area contributed by atoms with Crippen molar-refractivity contribution in [3.63, 3.8) is 0 Å². The fourth-order valence-corrected chi connectivity index (χ4v) is 1.13. The monoisotopic (exact) mass is 223 g/mol. The first-order valence-electron chi connectivity index (χ1n) is 5.53. The molecule has 1 aromatic rings. The van der Waals surface area contributed by atoms with Gasteiger partial charge in [0.25, 0.3) is 0 Å². The van der Waals surface area contributed by atoms with Gasteiger partial charge in [-0.3, -0.25) is 4.79 Å². The molecule has 16 heavy (non-hydrogen) atoms. The molecule has 1 heterocycles. The van der Waals surface area contributed by atoms with E-state index in [0.29, 0.717) is 30.5 Å². The molecule has 0 saturated heterocycles. The zero-order valence-corrected chi connectivity index (χ0v) is 9.73. The minimum absolute atomic E-state index is 0.352. The Kier molecular flexibility index (Phi) is 5.32. The Labute approximate surface area is 95.6 Å². The molecule has 0 bridgehead atoms. The highest BCUT2D eigenvalue weighted by molar-refractivity contribution is 5.78. The summed E-state index contributed by atoms with van der Waals surface area (Å²) in [6.07, 6.45) is 2.53. The number of ether oxygens (including phenoxy) is 2. The van der Waals surface area contributed by atoms with E-state index in [4.69, 9.17) is 9.47 Å². The van der Waals surface area contributed by atoms with Crippen LogP contribution in [0.2, 0.25) is 0 Å². The second-order valence-electron chi connectivity index (χ2n) is 3.36. The fourth-order valence-electron chi connectivity index (χ4n) is 1.13. The van der Waals surface area contributed by atoms with Gasteiger partial charge in [0, 0.05) is 6.07 Å². The number of aromatic nitrogens is 1. The zero-order chi connectivity index (χ0) is 11.8. The highest BCUT2D eigenvalue weighted by Crippen LogP contribution is 2.18. The third-order valence-electron chi connectivity index (χ3n) is 1.89. The van der Waals surface area contributed by atoms with Gasteiger partial charge in [0.15, 0.2) is 6.29 Å². The van der Waals surface area contributed by atoms with Crippen LogP contribution in [0.25, 0.3) is 0 Å². The quantitative estimate of drug-likeness (QED) is 0.666. The number of hydrogen-bond acceptors (Lipinski definition) is 4. The Balaban J connectivity index is 2.78. The first-order valence-corrected chi connectivity index (χ1v) is 5.53. The van der Waals surface area contributed by atoms with Gasteiger partial charge in [-0.1, -0.05) is 13.8 Å². The predicted molar refractivity (Wildman–Crippen MR) is 61.2 cm³/mol. The van der Waals surface area contributed by atoms with Crippen molar-refractivity contribution in [1.82, 2.24) is 4.98 Å². The molecule has 0 unspecified atom stereocenters. The molecule has 0 saturated carbocycles. The average Bonchev–Trinajstić information content (AvgIpc) is 2.33. The van der Waals surface area contributed by atoms with Crippen molar-refractivity contribution in [1.29, 1.82) is 0 Å². The third kappa shape index (κ3) is 3.53. The van der Waals surface area contributed by atoms with E-state index in [2.05, 4.69) is 4.98 Å². The normalized spacial score (nSPS) is 9.88. The number of carbonyl (C=O) groups is 1. The van der Waals surface area contributed by atoms with Crippen molar-refractivity contribution in [3.8, 4) is 11.8 Å². The van der Waals surface area contributed by atoms with Crippen molar-refractivity contribution in [2.24, 2.45) is 0 Å². The lowest BCUT2D eigenvalue weighted by atomic mass is 10.3. The minimum atomic E-state index is 0.352. The second kappa shape index (κ2) is 6.82. The molecule has 1 aromatic heterocycles. The lowest BCUT2D eigenvalue weighted by Gasteiger charge is -2.08. The zero-order valence-electron chi connectivity index (χ0n) is 9.73. The summed E-state index contributed by atoms with van der Waals surface area (Å²) in [5.41, 5.74) is 0.456. The van der Waals surface area contributed by atoms with Crippen LogP contribution in [0.3, 0.4) is 0 Å². The van der Waals surface area contributed by atoms with Crippen molar-refractivity contribution in [3.05, 3.63) is 17.7 Å². The van der Waals surface area contributed by atoms with Crippen LogP contribution in [0.15, 0.2) is 12.1 Å². The molecule has 0 N–H and O–H groups in total. The lowest BCUT2D eigenvalue weighted by Crippen LogP contribution is -2.03. The molecule has 0 aliphatic heterocycles. The van der Waals surface area contributed by atoms with Gasteiger partial charge >= 0.3 is 0 Å². The van der Waals surface area contributed by atoms with Gasteiger partial charge in [0.1, 0.15) is 0 Å². The molecule has 0 aliphatic carbocycles. The van der Waals surface area contributed by atoms with Crippen LogP contribution >= 0.6 is 0 Å². The van der Waals surface area contributed by atoms with E-state index in [1.165, 1.54) is 0 Å². The molecule has 88 valence electrons. The number of carbonyl (C=O) groups excluding carboxylic acids is 1. The van der Waals surface area contributed by atoms with Crippen molar-refractivity contribution in [2.75, 3.05) is 13.2 Å². The Morgan fingerprint density at radius 3 is 2.50 bits per heavy atom. The molecule has 0 aromatic carbocycles. The summed E-state index contributed by atoms with van der Waals surface area (Å²) in [5.74, 6) is 0.851. The largest absolute Gasteiger partial charge is 0.478 e. The molecule has 0 spiro atoms. The molecular formula is C12H17NO3. The van der Waals surface area contributed by atoms with E-state index >= 15 is 0 Å². The summed E-state index contributed by atoms with van der Waals surface area (Å²) in [7, 11) is 0. The van der Waals surface area contributed by atoms with Crippen molar-refractivity contribution >= 4 is 6.29 Å². The topological polar surface area (TPSA) is 48.4 Å². The molecule has 4 heteroatoms. The maximum absolute atomic E-state index is 10.8. The predicted octanol–water partition coefficient (Wildman–Crippen LogP) is 2.47. The Hall–Kier alpha value is -1.58. The van der Waals surface area contributed by atoms with Gasteiger partial charge in [-0.05, 0) is 18.9 Å². The summed E-state index contributed by atoms with van der Waals surface area (Å²) in [5, 5.41) is 0. The smallest absolute Gasteiger partial charge is 0.227 e. The number of nitrogens with zero attached hydrogens (tertiary/aromatic N) is 1. The highest BCUT2D eigenvalue weighted by atomic mass is 16.5.